The van der Waals surface area contributed by atoms with Crippen LogP contribution in [0.3, 0.4) is 0 Å². The van der Waals surface area contributed by atoms with Gasteiger partial charge in [-0.3, -0.25) is 9.59 Å². The van der Waals surface area contributed by atoms with E-state index in [1.807, 2.05) is 13.8 Å². The van der Waals surface area contributed by atoms with Gasteiger partial charge in [-0.15, -0.1) is 0 Å². The fraction of sp³-hybridized carbons (Fsp3) is 0.467. The summed E-state index contributed by atoms with van der Waals surface area (Å²) in [5.41, 5.74) is 6.65. The van der Waals surface area contributed by atoms with Gasteiger partial charge in [-0.25, -0.2) is 0 Å². The number of anilines is 1. The molecule has 1 rings (SSSR count). The molecule has 1 aromatic carbocycles. The van der Waals surface area contributed by atoms with E-state index in [4.69, 9.17) is 10.8 Å². The number of rotatable bonds is 7. The first-order valence-corrected chi connectivity index (χ1v) is 6.74. The maximum absolute atomic E-state index is 12.0. The SMILES string of the molecule is CC(C)C[C@H](CNC(=O)c1cccc(N)c1)CC(=O)O. The summed E-state index contributed by atoms with van der Waals surface area (Å²) in [4.78, 5) is 22.8. The highest BCUT2D eigenvalue weighted by atomic mass is 16.4. The zero-order chi connectivity index (χ0) is 15.1. The molecule has 1 atom stereocenters. The largest absolute Gasteiger partial charge is 0.481 e. The maximum atomic E-state index is 12.0. The van der Waals surface area contributed by atoms with Gasteiger partial charge >= 0.3 is 5.97 Å². The predicted molar refractivity (Wildman–Crippen MR) is 78.4 cm³/mol. The molecule has 0 radical (unpaired) electrons. The van der Waals surface area contributed by atoms with Gasteiger partial charge in [-0.05, 0) is 36.5 Å². The van der Waals surface area contributed by atoms with Gasteiger partial charge in [0, 0.05) is 24.2 Å². The standard InChI is InChI=1S/C15H22N2O3/c1-10(2)6-11(7-14(18)19)9-17-15(20)12-4-3-5-13(16)8-12/h3-5,8,10-11H,6-7,9,16H2,1-2H3,(H,17,20)(H,18,19)/t11-/m0/s1. The summed E-state index contributed by atoms with van der Waals surface area (Å²) in [6, 6.07) is 6.71. The van der Waals surface area contributed by atoms with Crippen LogP contribution in [-0.2, 0) is 4.79 Å². The van der Waals surface area contributed by atoms with Crippen LogP contribution in [-0.4, -0.2) is 23.5 Å². The average Bonchev–Trinajstić information content (AvgIpc) is 2.34. The van der Waals surface area contributed by atoms with E-state index in [1.54, 1.807) is 24.3 Å². The van der Waals surface area contributed by atoms with Gasteiger partial charge in [-0.2, -0.15) is 0 Å². The van der Waals surface area contributed by atoms with Crippen molar-refractivity contribution in [1.82, 2.24) is 5.32 Å². The average molecular weight is 278 g/mol. The number of hydrogen-bond acceptors (Lipinski definition) is 3. The lowest BCUT2D eigenvalue weighted by molar-refractivity contribution is -0.138. The number of carboxylic acid groups (broad SMARTS) is 1. The molecule has 4 N–H and O–H groups in total. The minimum Gasteiger partial charge on any atom is -0.481 e. The van der Waals surface area contributed by atoms with E-state index in [2.05, 4.69) is 5.32 Å². The molecule has 0 aliphatic rings. The predicted octanol–water partition coefficient (Wildman–Crippen LogP) is 2.14. The van der Waals surface area contributed by atoms with Gasteiger partial charge in [0.15, 0.2) is 0 Å². The number of hydrogen-bond donors (Lipinski definition) is 3. The zero-order valence-corrected chi connectivity index (χ0v) is 11.9. The Hall–Kier alpha value is -2.04. The summed E-state index contributed by atoms with van der Waals surface area (Å²) in [6.07, 6.45) is 0.832. The van der Waals surface area contributed by atoms with Crippen molar-refractivity contribution >= 4 is 17.6 Å². The molecule has 1 amide bonds. The van der Waals surface area contributed by atoms with Crippen LogP contribution in [0.25, 0.3) is 0 Å². The van der Waals surface area contributed by atoms with Crippen molar-refractivity contribution in [2.75, 3.05) is 12.3 Å². The lowest BCUT2D eigenvalue weighted by Gasteiger charge is -2.17. The van der Waals surface area contributed by atoms with Crippen LogP contribution in [0.1, 0.15) is 37.0 Å². The summed E-state index contributed by atoms with van der Waals surface area (Å²) in [5.74, 6) is -0.730. The first-order valence-electron chi connectivity index (χ1n) is 6.74. The summed E-state index contributed by atoms with van der Waals surface area (Å²) < 4.78 is 0. The smallest absolute Gasteiger partial charge is 0.303 e. The van der Waals surface area contributed by atoms with Crippen LogP contribution >= 0.6 is 0 Å². The van der Waals surface area contributed by atoms with Crippen LogP contribution in [0.4, 0.5) is 5.69 Å². The van der Waals surface area contributed by atoms with Gasteiger partial charge in [0.25, 0.3) is 5.91 Å². The summed E-state index contributed by atoms with van der Waals surface area (Å²) in [5, 5.41) is 11.7. The molecule has 1 aromatic rings. The van der Waals surface area contributed by atoms with Crippen LogP contribution in [0, 0.1) is 11.8 Å². The van der Waals surface area contributed by atoms with Crippen molar-refractivity contribution in [3.8, 4) is 0 Å². The molecule has 20 heavy (non-hydrogen) atoms. The highest BCUT2D eigenvalue weighted by Crippen LogP contribution is 2.15. The van der Waals surface area contributed by atoms with Crippen molar-refractivity contribution in [2.45, 2.75) is 26.7 Å². The molecule has 0 aromatic heterocycles. The topological polar surface area (TPSA) is 92.4 Å². The highest BCUT2D eigenvalue weighted by Gasteiger charge is 2.16. The molecule has 110 valence electrons. The van der Waals surface area contributed by atoms with Crippen LogP contribution in [0.15, 0.2) is 24.3 Å². The maximum Gasteiger partial charge on any atom is 0.303 e. The molecule has 0 spiro atoms. The van der Waals surface area contributed by atoms with Crippen molar-refractivity contribution < 1.29 is 14.7 Å². The second-order valence-electron chi connectivity index (χ2n) is 5.43. The minimum absolute atomic E-state index is 0.0579. The molecular weight excluding hydrogens is 256 g/mol. The monoisotopic (exact) mass is 278 g/mol. The Kier molecular flexibility index (Phi) is 6.03. The van der Waals surface area contributed by atoms with Gasteiger partial charge < -0.3 is 16.2 Å². The number of nitrogens with one attached hydrogen (secondary N) is 1. The minimum atomic E-state index is -0.839. The van der Waals surface area contributed by atoms with Crippen LogP contribution in [0.5, 0.6) is 0 Å². The fourth-order valence-electron chi connectivity index (χ4n) is 2.17. The number of carboxylic acids is 1. The summed E-state index contributed by atoms with van der Waals surface area (Å²) in [7, 11) is 0. The summed E-state index contributed by atoms with van der Waals surface area (Å²) in [6.45, 7) is 4.43. The van der Waals surface area contributed by atoms with Crippen molar-refractivity contribution in [2.24, 2.45) is 11.8 Å². The van der Waals surface area contributed by atoms with Crippen molar-refractivity contribution in [3.63, 3.8) is 0 Å². The molecule has 0 fully saturated rings. The molecule has 0 heterocycles. The van der Waals surface area contributed by atoms with E-state index in [9.17, 15) is 9.59 Å². The third kappa shape index (κ3) is 5.73. The number of nitrogen functional groups attached to an aromatic ring is 1. The van der Waals surface area contributed by atoms with Gasteiger partial charge in [-0.1, -0.05) is 19.9 Å². The lowest BCUT2D eigenvalue weighted by Crippen LogP contribution is -2.31. The molecule has 0 bridgehead atoms. The van der Waals surface area contributed by atoms with Gasteiger partial charge in [0.1, 0.15) is 0 Å². The van der Waals surface area contributed by atoms with Crippen molar-refractivity contribution in [3.05, 3.63) is 29.8 Å². The number of aliphatic carboxylic acids is 1. The van der Waals surface area contributed by atoms with Gasteiger partial charge in [0.05, 0.1) is 0 Å². The van der Waals surface area contributed by atoms with E-state index >= 15 is 0 Å². The second-order valence-corrected chi connectivity index (χ2v) is 5.43. The lowest BCUT2D eigenvalue weighted by atomic mass is 9.94. The van der Waals surface area contributed by atoms with E-state index in [-0.39, 0.29) is 18.2 Å². The molecule has 5 nitrogen and oxygen atoms in total. The van der Waals surface area contributed by atoms with E-state index in [0.29, 0.717) is 23.7 Å². The Morgan fingerprint density at radius 1 is 1.35 bits per heavy atom. The van der Waals surface area contributed by atoms with Gasteiger partial charge in [0.2, 0.25) is 0 Å². The number of carbonyl (C=O) groups is 2. The molecule has 5 heteroatoms. The molecular formula is C15H22N2O3. The molecule has 0 unspecified atom stereocenters. The van der Waals surface area contributed by atoms with Crippen LogP contribution < -0.4 is 11.1 Å². The second kappa shape index (κ2) is 7.53. The number of carbonyl (C=O) groups excluding carboxylic acids is 1. The van der Waals surface area contributed by atoms with E-state index < -0.39 is 5.97 Å². The van der Waals surface area contributed by atoms with E-state index in [0.717, 1.165) is 6.42 Å². The molecule has 0 aliphatic heterocycles. The Labute approximate surface area is 119 Å². The number of amides is 1. The quantitative estimate of drug-likeness (QED) is 0.666. The molecule has 0 aliphatic carbocycles. The fourth-order valence-corrected chi connectivity index (χ4v) is 2.17. The third-order valence-corrected chi connectivity index (χ3v) is 2.97. The Morgan fingerprint density at radius 2 is 2.05 bits per heavy atom. The third-order valence-electron chi connectivity index (χ3n) is 2.97. The normalized spacial score (nSPS) is 12.2. The Balaban J connectivity index is 2.57. The first-order chi connectivity index (χ1) is 9.38. The Morgan fingerprint density at radius 3 is 2.60 bits per heavy atom. The molecule has 0 saturated heterocycles. The number of benzene rings is 1. The zero-order valence-electron chi connectivity index (χ0n) is 11.9. The summed E-state index contributed by atoms with van der Waals surface area (Å²) >= 11 is 0. The van der Waals surface area contributed by atoms with Crippen molar-refractivity contribution in [1.29, 1.82) is 0 Å². The van der Waals surface area contributed by atoms with Crippen LogP contribution in [0.2, 0.25) is 0 Å². The highest BCUT2D eigenvalue weighted by molar-refractivity contribution is 5.94. The molecule has 0 saturated carbocycles. The first kappa shape index (κ1) is 16.0. The Bertz CT molecular complexity index is 472. The van der Waals surface area contributed by atoms with E-state index in [1.165, 1.54) is 0 Å². The number of nitrogens with two attached hydrogens (primary N) is 1.